The molecular weight excluding hydrogens is 304 g/mol. The monoisotopic (exact) mass is 316 g/mol. The van der Waals surface area contributed by atoms with Crippen molar-refractivity contribution in [2.75, 3.05) is 7.11 Å². The maximum absolute atomic E-state index is 11.9. The van der Waals surface area contributed by atoms with Crippen LogP contribution in [0.3, 0.4) is 0 Å². The molecule has 22 heavy (non-hydrogen) atoms. The summed E-state index contributed by atoms with van der Waals surface area (Å²) in [5.74, 6) is -0.295. The highest BCUT2D eigenvalue weighted by Crippen LogP contribution is 2.36. The third-order valence-corrected chi connectivity index (χ3v) is 3.08. The van der Waals surface area contributed by atoms with Gasteiger partial charge in [-0.25, -0.2) is 4.79 Å². The van der Waals surface area contributed by atoms with Gasteiger partial charge in [0.25, 0.3) is 0 Å². The molecule has 0 aromatic heterocycles. The number of hydrogen-bond donors (Lipinski definition) is 0. The standard InChI is InChI=1S/C17H13ClO4/c1-21-15-10-13(11-19)9-14(18)17(15)22-16(20)8-7-12-5-3-2-4-6-12/h2-11H,1H3. The Labute approximate surface area is 132 Å². The number of carbonyl (C=O) groups is 2. The molecule has 0 amide bonds. The molecule has 0 fully saturated rings. The summed E-state index contributed by atoms with van der Waals surface area (Å²) in [4.78, 5) is 22.7. The largest absolute Gasteiger partial charge is 0.493 e. The zero-order valence-corrected chi connectivity index (χ0v) is 12.5. The van der Waals surface area contributed by atoms with Crippen molar-refractivity contribution in [3.63, 3.8) is 0 Å². The van der Waals surface area contributed by atoms with Gasteiger partial charge in [0.05, 0.1) is 12.1 Å². The van der Waals surface area contributed by atoms with E-state index in [1.54, 1.807) is 6.08 Å². The summed E-state index contributed by atoms with van der Waals surface area (Å²) in [6, 6.07) is 12.2. The van der Waals surface area contributed by atoms with Gasteiger partial charge in [0.2, 0.25) is 0 Å². The Bertz CT molecular complexity index is 708. The van der Waals surface area contributed by atoms with E-state index in [2.05, 4.69) is 0 Å². The van der Waals surface area contributed by atoms with Gasteiger partial charge in [-0.1, -0.05) is 41.9 Å². The second-order valence-electron chi connectivity index (χ2n) is 4.32. The molecule has 2 aromatic rings. The van der Waals surface area contributed by atoms with Crippen molar-refractivity contribution in [3.05, 3.63) is 64.7 Å². The highest BCUT2D eigenvalue weighted by molar-refractivity contribution is 6.32. The molecule has 0 aliphatic carbocycles. The fourth-order valence-corrected chi connectivity index (χ4v) is 2.03. The van der Waals surface area contributed by atoms with E-state index < -0.39 is 5.97 Å². The van der Waals surface area contributed by atoms with Crippen LogP contribution in [0.15, 0.2) is 48.5 Å². The third kappa shape index (κ3) is 3.96. The molecule has 5 heteroatoms. The lowest BCUT2D eigenvalue weighted by Crippen LogP contribution is -2.06. The summed E-state index contributed by atoms with van der Waals surface area (Å²) in [5, 5.41) is 0.128. The van der Waals surface area contributed by atoms with Crippen LogP contribution in [0.5, 0.6) is 11.5 Å². The third-order valence-electron chi connectivity index (χ3n) is 2.80. The van der Waals surface area contributed by atoms with Gasteiger partial charge in [-0.15, -0.1) is 0 Å². The lowest BCUT2D eigenvalue weighted by molar-refractivity contribution is -0.129. The summed E-state index contributed by atoms with van der Waals surface area (Å²) in [6.07, 6.45) is 3.55. The molecule has 0 radical (unpaired) electrons. The predicted molar refractivity (Wildman–Crippen MR) is 84.5 cm³/mol. The lowest BCUT2D eigenvalue weighted by Gasteiger charge is -2.10. The molecule has 0 aliphatic heterocycles. The minimum absolute atomic E-state index is 0.0810. The first-order valence-electron chi connectivity index (χ1n) is 6.41. The van der Waals surface area contributed by atoms with Crippen LogP contribution < -0.4 is 9.47 Å². The van der Waals surface area contributed by atoms with Crippen LogP contribution >= 0.6 is 11.6 Å². The van der Waals surface area contributed by atoms with Gasteiger partial charge in [-0.3, -0.25) is 4.79 Å². The SMILES string of the molecule is COc1cc(C=O)cc(Cl)c1OC(=O)C=Cc1ccccc1. The normalized spacial score (nSPS) is 10.5. The molecule has 0 bridgehead atoms. The van der Waals surface area contributed by atoms with Crippen molar-refractivity contribution in [2.24, 2.45) is 0 Å². The van der Waals surface area contributed by atoms with Crippen LogP contribution in [0, 0.1) is 0 Å². The zero-order valence-electron chi connectivity index (χ0n) is 11.8. The Hall–Kier alpha value is -2.59. The van der Waals surface area contributed by atoms with Crippen molar-refractivity contribution in [1.29, 1.82) is 0 Å². The molecule has 0 spiro atoms. The molecule has 0 unspecified atom stereocenters. The van der Waals surface area contributed by atoms with E-state index in [0.29, 0.717) is 11.8 Å². The number of methoxy groups -OCH3 is 1. The van der Waals surface area contributed by atoms with E-state index >= 15 is 0 Å². The van der Waals surface area contributed by atoms with Gasteiger partial charge in [0.1, 0.15) is 6.29 Å². The van der Waals surface area contributed by atoms with Crippen LogP contribution in [0.1, 0.15) is 15.9 Å². The first kappa shape index (κ1) is 15.8. The van der Waals surface area contributed by atoms with Crippen LogP contribution in [0.4, 0.5) is 0 Å². The Morgan fingerprint density at radius 3 is 2.50 bits per heavy atom. The van der Waals surface area contributed by atoms with Crippen molar-refractivity contribution >= 4 is 29.9 Å². The van der Waals surface area contributed by atoms with Crippen molar-refractivity contribution < 1.29 is 19.1 Å². The number of carbonyl (C=O) groups excluding carboxylic acids is 2. The molecule has 2 rings (SSSR count). The quantitative estimate of drug-likeness (QED) is 0.364. The molecular formula is C17H13ClO4. The summed E-state index contributed by atoms with van der Waals surface area (Å²) in [6.45, 7) is 0. The molecule has 0 aliphatic rings. The minimum atomic E-state index is -0.595. The minimum Gasteiger partial charge on any atom is -0.493 e. The van der Waals surface area contributed by atoms with Gasteiger partial charge >= 0.3 is 5.97 Å². The molecule has 2 aromatic carbocycles. The Morgan fingerprint density at radius 1 is 1.14 bits per heavy atom. The van der Waals surface area contributed by atoms with Gasteiger partial charge in [0, 0.05) is 11.6 Å². The second-order valence-corrected chi connectivity index (χ2v) is 4.72. The van der Waals surface area contributed by atoms with Crippen molar-refractivity contribution in [1.82, 2.24) is 0 Å². The fourth-order valence-electron chi connectivity index (χ4n) is 1.77. The molecule has 0 saturated carbocycles. The molecule has 0 saturated heterocycles. The number of ether oxygens (including phenoxy) is 2. The number of halogens is 1. The molecule has 112 valence electrons. The van der Waals surface area contributed by atoms with Crippen LogP contribution in [0.25, 0.3) is 6.08 Å². The van der Waals surface area contributed by atoms with E-state index in [9.17, 15) is 9.59 Å². The van der Waals surface area contributed by atoms with Gasteiger partial charge < -0.3 is 9.47 Å². The Balaban J connectivity index is 2.18. The molecule has 0 atom stereocenters. The maximum atomic E-state index is 11.9. The van der Waals surface area contributed by atoms with E-state index in [0.717, 1.165) is 5.56 Å². The average Bonchev–Trinajstić information content (AvgIpc) is 2.55. The number of esters is 1. The van der Waals surface area contributed by atoms with Crippen LogP contribution in [0.2, 0.25) is 5.02 Å². The maximum Gasteiger partial charge on any atom is 0.336 e. The van der Waals surface area contributed by atoms with E-state index in [4.69, 9.17) is 21.1 Å². The van der Waals surface area contributed by atoms with Crippen molar-refractivity contribution in [2.45, 2.75) is 0 Å². The number of aldehydes is 1. The second kappa shape index (κ2) is 7.43. The lowest BCUT2D eigenvalue weighted by atomic mass is 10.2. The van der Waals surface area contributed by atoms with E-state index in [1.165, 1.54) is 25.3 Å². The summed E-state index contributed by atoms with van der Waals surface area (Å²) in [7, 11) is 1.40. The molecule has 4 nitrogen and oxygen atoms in total. The van der Waals surface area contributed by atoms with E-state index in [1.807, 2.05) is 30.3 Å². The molecule has 0 N–H and O–H groups in total. The first-order chi connectivity index (χ1) is 10.6. The average molecular weight is 317 g/mol. The number of benzene rings is 2. The van der Waals surface area contributed by atoms with Crippen molar-refractivity contribution in [3.8, 4) is 11.5 Å². The summed E-state index contributed by atoms with van der Waals surface area (Å²) in [5.41, 5.74) is 1.20. The topological polar surface area (TPSA) is 52.6 Å². The summed E-state index contributed by atoms with van der Waals surface area (Å²) >= 11 is 6.01. The number of hydrogen-bond acceptors (Lipinski definition) is 4. The Morgan fingerprint density at radius 2 is 1.86 bits per heavy atom. The Kier molecular flexibility index (Phi) is 5.33. The molecule has 0 heterocycles. The van der Waals surface area contributed by atoms with Crippen LogP contribution in [-0.4, -0.2) is 19.4 Å². The van der Waals surface area contributed by atoms with Crippen LogP contribution in [-0.2, 0) is 4.79 Å². The predicted octanol–water partition coefficient (Wildman–Crippen LogP) is 3.78. The highest BCUT2D eigenvalue weighted by atomic mass is 35.5. The highest BCUT2D eigenvalue weighted by Gasteiger charge is 2.14. The first-order valence-corrected chi connectivity index (χ1v) is 6.79. The smallest absolute Gasteiger partial charge is 0.336 e. The van der Waals surface area contributed by atoms with Gasteiger partial charge in [-0.05, 0) is 23.8 Å². The van der Waals surface area contributed by atoms with Gasteiger partial charge in [-0.2, -0.15) is 0 Å². The fraction of sp³-hybridized carbons (Fsp3) is 0.0588. The van der Waals surface area contributed by atoms with Gasteiger partial charge in [0.15, 0.2) is 11.5 Å². The van der Waals surface area contributed by atoms with E-state index in [-0.39, 0.29) is 16.5 Å². The number of rotatable bonds is 5. The summed E-state index contributed by atoms with van der Waals surface area (Å²) < 4.78 is 10.3. The zero-order chi connectivity index (χ0) is 15.9.